The van der Waals surface area contributed by atoms with Crippen LogP contribution in [0, 0.1) is 6.92 Å². The standard InChI is InChI=1S/C15H23N7O/c1-11-7-12(15-18-16-10-22(15)19-11)17-13-8-23-9-14(13)21-5-3-20(2)4-6-21/h7,10,13-14,17H,3-6,8-9H2,1-2H3/t13-,14-/m0/s1. The number of rotatable bonds is 3. The monoisotopic (exact) mass is 317 g/mol. The lowest BCUT2D eigenvalue weighted by molar-refractivity contribution is 0.0949. The molecular weight excluding hydrogens is 294 g/mol. The Morgan fingerprint density at radius 1 is 1.22 bits per heavy atom. The smallest absolute Gasteiger partial charge is 0.200 e. The Morgan fingerprint density at radius 2 is 2.04 bits per heavy atom. The molecule has 0 saturated carbocycles. The molecule has 0 aromatic carbocycles. The van der Waals surface area contributed by atoms with Gasteiger partial charge in [0.25, 0.3) is 0 Å². The van der Waals surface area contributed by atoms with Crippen LogP contribution in [0.5, 0.6) is 0 Å². The first-order valence-corrected chi connectivity index (χ1v) is 8.15. The minimum absolute atomic E-state index is 0.265. The molecule has 2 aliphatic rings. The molecule has 0 bridgehead atoms. The van der Waals surface area contributed by atoms with Gasteiger partial charge >= 0.3 is 0 Å². The highest BCUT2D eigenvalue weighted by molar-refractivity contribution is 5.67. The van der Waals surface area contributed by atoms with Crippen LogP contribution >= 0.6 is 0 Å². The second kappa shape index (κ2) is 6.03. The van der Waals surface area contributed by atoms with Crippen LogP contribution in [0.4, 0.5) is 5.69 Å². The lowest BCUT2D eigenvalue weighted by atomic mass is 10.1. The second-order valence-corrected chi connectivity index (χ2v) is 6.49. The molecule has 2 aromatic rings. The maximum Gasteiger partial charge on any atom is 0.200 e. The first kappa shape index (κ1) is 14.8. The van der Waals surface area contributed by atoms with Crippen LogP contribution in [0.15, 0.2) is 12.4 Å². The van der Waals surface area contributed by atoms with Crippen molar-refractivity contribution < 1.29 is 4.74 Å². The predicted octanol–water partition coefficient (Wildman–Crippen LogP) is -0.141. The number of anilines is 1. The lowest BCUT2D eigenvalue weighted by Gasteiger charge is -2.38. The average molecular weight is 317 g/mol. The first-order chi connectivity index (χ1) is 11.2. The van der Waals surface area contributed by atoms with E-state index in [-0.39, 0.29) is 6.04 Å². The van der Waals surface area contributed by atoms with Crippen LogP contribution in [0.1, 0.15) is 5.69 Å². The number of piperazine rings is 1. The molecule has 2 atom stereocenters. The van der Waals surface area contributed by atoms with Gasteiger partial charge in [-0.15, -0.1) is 10.2 Å². The van der Waals surface area contributed by atoms with Crippen molar-refractivity contribution in [3.8, 4) is 0 Å². The van der Waals surface area contributed by atoms with Gasteiger partial charge in [0, 0.05) is 26.2 Å². The van der Waals surface area contributed by atoms with Gasteiger partial charge in [-0.1, -0.05) is 0 Å². The highest BCUT2D eigenvalue weighted by Crippen LogP contribution is 2.22. The van der Waals surface area contributed by atoms with Crippen LogP contribution in [0.2, 0.25) is 0 Å². The number of nitrogens with one attached hydrogen (secondary N) is 1. The van der Waals surface area contributed by atoms with E-state index >= 15 is 0 Å². The topological polar surface area (TPSA) is 70.8 Å². The Morgan fingerprint density at radius 3 is 2.87 bits per heavy atom. The fourth-order valence-corrected chi connectivity index (χ4v) is 3.45. The van der Waals surface area contributed by atoms with E-state index < -0.39 is 0 Å². The van der Waals surface area contributed by atoms with E-state index in [1.807, 2.05) is 13.0 Å². The molecule has 2 aliphatic heterocycles. The summed E-state index contributed by atoms with van der Waals surface area (Å²) in [6.07, 6.45) is 1.64. The van der Waals surface area contributed by atoms with Crippen molar-refractivity contribution in [1.82, 2.24) is 29.6 Å². The van der Waals surface area contributed by atoms with Gasteiger partial charge in [-0.25, -0.2) is 0 Å². The van der Waals surface area contributed by atoms with Crippen molar-refractivity contribution in [2.75, 3.05) is 51.8 Å². The SMILES string of the molecule is Cc1cc(N[C@H]2COC[C@@H]2N2CCN(C)CC2)c2nncn2n1. The Bertz CT molecular complexity index is 680. The largest absolute Gasteiger partial charge is 0.378 e. The summed E-state index contributed by atoms with van der Waals surface area (Å²) in [6, 6.07) is 2.70. The molecule has 8 heteroatoms. The summed E-state index contributed by atoms with van der Waals surface area (Å²) in [7, 11) is 2.18. The second-order valence-electron chi connectivity index (χ2n) is 6.49. The number of aromatic nitrogens is 4. The number of likely N-dealkylation sites (N-methyl/N-ethyl adjacent to an activating group) is 1. The molecule has 0 radical (unpaired) electrons. The Labute approximate surface area is 135 Å². The van der Waals surface area contributed by atoms with Gasteiger partial charge in [0.05, 0.1) is 36.7 Å². The first-order valence-electron chi connectivity index (χ1n) is 8.15. The van der Waals surface area contributed by atoms with Crippen LogP contribution in [-0.2, 0) is 4.74 Å². The van der Waals surface area contributed by atoms with Gasteiger partial charge in [-0.2, -0.15) is 9.61 Å². The normalized spacial score (nSPS) is 26.9. The third-order valence-electron chi connectivity index (χ3n) is 4.79. The minimum atomic E-state index is 0.265. The van der Waals surface area contributed by atoms with Crippen molar-refractivity contribution in [3.63, 3.8) is 0 Å². The molecule has 0 aliphatic carbocycles. The molecule has 23 heavy (non-hydrogen) atoms. The Balaban J connectivity index is 1.53. The van der Waals surface area contributed by atoms with Gasteiger partial charge in [0.2, 0.25) is 5.65 Å². The van der Waals surface area contributed by atoms with E-state index in [0.717, 1.165) is 56.4 Å². The number of hydrogen-bond donors (Lipinski definition) is 1. The highest BCUT2D eigenvalue weighted by atomic mass is 16.5. The van der Waals surface area contributed by atoms with Crippen molar-refractivity contribution >= 4 is 11.3 Å². The summed E-state index contributed by atoms with van der Waals surface area (Å²) < 4.78 is 7.49. The molecule has 8 nitrogen and oxygen atoms in total. The molecule has 0 unspecified atom stereocenters. The highest BCUT2D eigenvalue weighted by Gasteiger charge is 2.34. The zero-order valence-electron chi connectivity index (χ0n) is 13.6. The van der Waals surface area contributed by atoms with Gasteiger partial charge in [-0.05, 0) is 20.0 Å². The molecule has 2 aromatic heterocycles. The van der Waals surface area contributed by atoms with Crippen molar-refractivity contribution in [3.05, 3.63) is 18.1 Å². The minimum Gasteiger partial charge on any atom is -0.378 e. The number of nitrogens with zero attached hydrogens (tertiary/aromatic N) is 6. The molecule has 2 fully saturated rings. The zero-order chi connectivity index (χ0) is 15.8. The number of ether oxygens (including phenoxy) is 1. The molecule has 124 valence electrons. The molecule has 2 saturated heterocycles. The predicted molar refractivity (Wildman–Crippen MR) is 86.6 cm³/mol. The van der Waals surface area contributed by atoms with E-state index in [2.05, 4.69) is 37.5 Å². The summed E-state index contributed by atoms with van der Waals surface area (Å²) in [5.41, 5.74) is 2.68. The quantitative estimate of drug-likeness (QED) is 0.845. The molecule has 0 spiro atoms. The number of hydrogen-bond acceptors (Lipinski definition) is 7. The van der Waals surface area contributed by atoms with Gasteiger partial charge < -0.3 is 15.0 Å². The summed E-state index contributed by atoms with van der Waals surface area (Å²) >= 11 is 0. The van der Waals surface area contributed by atoms with E-state index in [9.17, 15) is 0 Å². The van der Waals surface area contributed by atoms with Crippen LogP contribution in [0.3, 0.4) is 0 Å². The fourth-order valence-electron chi connectivity index (χ4n) is 3.45. The van der Waals surface area contributed by atoms with Crippen LogP contribution in [-0.4, -0.2) is 88.1 Å². The average Bonchev–Trinajstić information content (AvgIpc) is 3.17. The maximum atomic E-state index is 5.77. The van der Waals surface area contributed by atoms with Crippen molar-refractivity contribution in [1.29, 1.82) is 0 Å². The third kappa shape index (κ3) is 2.89. The third-order valence-corrected chi connectivity index (χ3v) is 4.79. The lowest BCUT2D eigenvalue weighted by Crippen LogP contribution is -2.54. The van der Waals surface area contributed by atoms with Crippen molar-refractivity contribution in [2.45, 2.75) is 19.0 Å². The van der Waals surface area contributed by atoms with Gasteiger partial charge in [-0.3, -0.25) is 4.90 Å². The summed E-state index contributed by atoms with van der Waals surface area (Å²) in [5.74, 6) is 0. The molecule has 4 rings (SSSR count). The Kier molecular flexibility index (Phi) is 3.88. The maximum absolute atomic E-state index is 5.77. The zero-order valence-corrected chi connectivity index (χ0v) is 13.6. The number of fused-ring (bicyclic) bond motifs is 1. The molecule has 1 N–H and O–H groups in total. The molecule has 4 heterocycles. The number of aryl methyl sites for hydroxylation is 1. The summed E-state index contributed by atoms with van der Waals surface area (Å²) in [4.78, 5) is 4.92. The fraction of sp³-hybridized carbons (Fsp3) is 0.667. The van der Waals surface area contributed by atoms with Gasteiger partial charge in [0.15, 0.2) is 0 Å². The van der Waals surface area contributed by atoms with Crippen LogP contribution < -0.4 is 5.32 Å². The molecular formula is C15H23N7O. The van der Waals surface area contributed by atoms with E-state index in [1.165, 1.54) is 0 Å². The van der Waals surface area contributed by atoms with Gasteiger partial charge in [0.1, 0.15) is 6.33 Å². The van der Waals surface area contributed by atoms with E-state index in [4.69, 9.17) is 4.74 Å². The van der Waals surface area contributed by atoms with Crippen molar-refractivity contribution in [2.24, 2.45) is 0 Å². The summed E-state index contributed by atoms with van der Waals surface area (Å²) in [6.45, 7) is 7.91. The van der Waals surface area contributed by atoms with E-state index in [1.54, 1.807) is 10.8 Å². The van der Waals surface area contributed by atoms with E-state index in [0.29, 0.717) is 6.04 Å². The molecule has 0 amide bonds. The van der Waals surface area contributed by atoms with Crippen LogP contribution in [0.25, 0.3) is 5.65 Å². The Hall–Kier alpha value is -1.77. The summed E-state index contributed by atoms with van der Waals surface area (Å²) in [5, 5.41) is 16.2.